The average Bonchev–Trinajstić information content (AvgIpc) is 2.72. The molecule has 1 amide bonds. The van der Waals surface area contributed by atoms with E-state index in [1.807, 2.05) is 30.3 Å². The van der Waals surface area contributed by atoms with Gasteiger partial charge in [-0.25, -0.2) is 0 Å². The van der Waals surface area contributed by atoms with E-state index in [1.54, 1.807) is 32.4 Å². The van der Waals surface area contributed by atoms with Crippen molar-refractivity contribution in [3.63, 3.8) is 0 Å². The Hall–Kier alpha value is -2.37. The smallest absolute Gasteiger partial charge is 0.252 e. The first-order valence-electron chi connectivity index (χ1n) is 9.79. The SMILES string of the molecule is CCCC[C@H](O)c1c(OC)cccc1C(=O)N[C@H](COC)Cc1ccccc1. The molecular formula is C23H31NO4. The van der Waals surface area contributed by atoms with Gasteiger partial charge in [-0.1, -0.05) is 56.2 Å². The lowest BCUT2D eigenvalue weighted by Crippen LogP contribution is -2.40. The van der Waals surface area contributed by atoms with Crippen LogP contribution in [0.15, 0.2) is 48.5 Å². The Kier molecular flexibility index (Phi) is 8.98. The maximum atomic E-state index is 13.1. The van der Waals surface area contributed by atoms with Gasteiger partial charge in [-0.05, 0) is 30.5 Å². The summed E-state index contributed by atoms with van der Waals surface area (Å²) in [6.45, 7) is 2.47. The van der Waals surface area contributed by atoms with Gasteiger partial charge in [-0.3, -0.25) is 4.79 Å². The summed E-state index contributed by atoms with van der Waals surface area (Å²) >= 11 is 0. The Bertz CT molecular complexity index is 733. The van der Waals surface area contributed by atoms with Crippen LogP contribution < -0.4 is 10.1 Å². The fourth-order valence-corrected chi connectivity index (χ4v) is 3.32. The van der Waals surface area contributed by atoms with Gasteiger partial charge in [0.2, 0.25) is 0 Å². The molecule has 0 aliphatic heterocycles. The van der Waals surface area contributed by atoms with E-state index < -0.39 is 6.10 Å². The minimum atomic E-state index is -0.744. The molecule has 2 aromatic rings. The van der Waals surface area contributed by atoms with Crippen molar-refractivity contribution in [3.8, 4) is 5.75 Å². The first-order valence-corrected chi connectivity index (χ1v) is 9.79. The number of amides is 1. The highest BCUT2D eigenvalue weighted by Gasteiger charge is 2.23. The van der Waals surface area contributed by atoms with Gasteiger partial charge in [0.15, 0.2) is 0 Å². The minimum Gasteiger partial charge on any atom is -0.496 e. The Morgan fingerprint density at radius 3 is 2.50 bits per heavy atom. The van der Waals surface area contributed by atoms with Crippen LogP contribution in [0.5, 0.6) is 5.75 Å². The number of benzene rings is 2. The quantitative estimate of drug-likeness (QED) is 0.615. The van der Waals surface area contributed by atoms with Crippen molar-refractivity contribution >= 4 is 5.91 Å². The molecule has 0 aliphatic carbocycles. The molecule has 5 heteroatoms. The Labute approximate surface area is 167 Å². The number of aliphatic hydroxyl groups is 1. The predicted molar refractivity (Wildman–Crippen MR) is 111 cm³/mol. The molecule has 28 heavy (non-hydrogen) atoms. The summed E-state index contributed by atoms with van der Waals surface area (Å²) in [5.74, 6) is 0.296. The van der Waals surface area contributed by atoms with Crippen molar-refractivity contribution in [2.45, 2.75) is 44.8 Å². The van der Waals surface area contributed by atoms with Crippen LogP contribution >= 0.6 is 0 Å². The van der Waals surface area contributed by atoms with Crippen molar-refractivity contribution in [1.82, 2.24) is 5.32 Å². The van der Waals surface area contributed by atoms with Gasteiger partial charge < -0.3 is 19.9 Å². The van der Waals surface area contributed by atoms with Gasteiger partial charge in [0.05, 0.1) is 25.9 Å². The number of rotatable bonds is 11. The van der Waals surface area contributed by atoms with E-state index in [-0.39, 0.29) is 11.9 Å². The van der Waals surface area contributed by atoms with Gasteiger partial charge >= 0.3 is 0 Å². The fourth-order valence-electron chi connectivity index (χ4n) is 3.32. The van der Waals surface area contributed by atoms with Crippen LogP contribution in [-0.2, 0) is 11.2 Å². The number of methoxy groups -OCH3 is 2. The van der Waals surface area contributed by atoms with E-state index in [9.17, 15) is 9.90 Å². The van der Waals surface area contributed by atoms with E-state index in [2.05, 4.69) is 12.2 Å². The van der Waals surface area contributed by atoms with Crippen LogP contribution in [0, 0.1) is 0 Å². The highest BCUT2D eigenvalue weighted by Crippen LogP contribution is 2.31. The molecule has 0 saturated carbocycles. The molecular weight excluding hydrogens is 354 g/mol. The Balaban J connectivity index is 2.23. The molecule has 0 unspecified atom stereocenters. The molecule has 2 rings (SSSR count). The highest BCUT2D eigenvalue weighted by atomic mass is 16.5. The lowest BCUT2D eigenvalue weighted by Gasteiger charge is -2.22. The number of nitrogens with one attached hydrogen (secondary N) is 1. The van der Waals surface area contributed by atoms with Gasteiger partial charge in [0.1, 0.15) is 5.75 Å². The maximum absolute atomic E-state index is 13.1. The summed E-state index contributed by atoms with van der Waals surface area (Å²) in [6.07, 6.45) is 2.36. The molecule has 0 radical (unpaired) electrons. The zero-order valence-electron chi connectivity index (χ0n) is 17.0. The number of ether oxygens (including phenoxy) is 2. The van der Waals surface area contributed by atoms with E-state index in [4.69, 9.17) is 9.47 Å². The number of carbonyl (C=O) groups is 1. The van der Waals surface area contributed by atoms with Gasteiger partial charge in [0.25, 0.3) is 5.91 Å². The number of aliphatic hydroxyl groups excluding tert-OH is 1. The number of hydrogen-bond acceptors (Lipinski definition) is 4. The molecule has 0 aliphatic rings. The molecule has 0 spiro atoms. The molecule has 2 atom stereocenters. The molecule has 152 valence electrons. The van der Waals surface area contributed by atoms with E-state index in [0.717, 1.165) is 18.4 Å². The lowest BCUT2D eigenvalue weighted by atomic mass is 9.96. The molecule has 2 N–H and O–H groups in total. The summed E-state index contributed by atoms with van der Waals surface area (Å²) < 4.78 is 10.7. The molecule has 0 fully saturated rings. The van der Waals surface area contributed by atoms with Crippen LogP contribution in [0.4, 0.5) is 0 Å². The topological polar surface area (TPSA) is 67.8 Å². The first kappa shape index (κ1) is 21.9. The second kappa shape index (κ2) is 11.5. The fraction of sp³-hybridized carbons (Fsp3) is 0.435. The van der Waals surface area contributed by atoms with Crippen molar-refractivity contribution in [2.75, 3.05) is 20.8 Å². The molecule has 2 aromatic carbocycles. The molecule has 0 saturated heterocycles. The van der Waals surface area contributed by atoms with Crippen LogP contribution in [0.3, 0.4) is 0 Å². The maximum Gasteiger partial charge on any atom is 0.252 e. The standard InChI is InChI=1S/C23H31NO4/c1-4-5-13-20(25)22-19(12-9-14-21(22)28-3)23(26)24-18(16-27-2)15-17-10-7-6-8-11-17/h6-12,14,18,20,25H,4-5,13,15-16H2,1-3H3,(H,24,26)/t18-,20-/m0/s1. The second-order valence-electron chi connectivity index (χ2n) is 6.89. The molecule has 0 aromatic heterocycles. The highest BCUT2D eigenvalue weighted by molar-refractivity contribution is 5.96. The van der Waals surface area contributed by atoms with Crippen molar-refractivity contribution < 1.29 is 19.4 Å². The molecule has 0 heterocycles. The predicted octanol–water partition coefficient (Wildman–Crippen LogP) is 3.91. The largest absolute Gasteiger partial charge is 0.496 e. The van der Waals surface area contributed by atoms with Crippen LogP contribution in [-0.4, -0.2) is 37.9 Å². The summed E-state index contributed by atoms with van der Waals surface area (Å²) in [4.78, 5) is 13.1. The number of unbranched alkanes of at least 4 members (excludes halogenated alkanes) is 1. The van der Waals surface area contributed by atoms with Crippen LogP contribution in [0.25, 0.3) is 0 Å². The third-order valence-electron chi connectivity index (χ3n) is 4.72. The molecule has 0 bridgehead atoms. The van der Waals surface area contributed by atoms with E-state index in [1.165, 1.54) is 0 Å². The average molecular weight is 386 g/mol. The Morgan fingerprint density at radius 2 is 1.86 bits per heavy atom. The van der Waals surface area contributed by atoms with Gasteiger partial charge in [0, 0.05) is 18.2 Å². The summed E-state index contributed by atoms with van der Waals surface area (Å²) in [5, 5.41) is 13.7. The first-order chi connectivity index (χ1) is 13.6. The minimum absolute atomic E-state index is 0.174. The third-order valence-corrected chi connectivity index (χ3v) is 4.72. The van der Waals surface area contributed by atoms with Crippen LogP contribution in [0.1, 0.15) is 53.8 Å². The zero-order chi connectivity index (χ0) is 20.4. The zero-order valence-corrected chi connectivity index (χ0v) is 17.0. The monoisotopic (exact) mass is 385 g/mol. The molecule has 5 nitrogen and oxygen atoms in total. The summed E-state index contributed by atoms with van der Waals surface area (Å²) in [6, 6.07) is 15.1. The third kappa shape index (κ3) is 6.08. The van der Waals surface area contributed by atoms with E-state index >= 15 is 0 Å². The summed E-state index contributed by atoms with van der Waals surface area (Å²) in [5.41, 5.74) is 2.11. The van der Waals surface area contributed by atoms with Crippen LogP contribution in [0.2, 0.25) is 0 Å². The number of carbonyl (C=O) groups excluding carboxylic acids is 1. The Morgan fingerprint density at radius 1 is 1.11 bits per heavy atom. The van der Waals surface area contributed by atoms with Gasteiger partial charge in [-0.15, -0.1) is 0 Å². The van der Waals surface area contributed by atoms with Gasteiger partial charge in [-0.2, -0.15) is 0 Å². The van der Waals surface area contributed by atoms with Crippen molar-refractivity contribution in [3.05, 3.63) is 65.2 Å². The second-order valence-corrected chi connectivity index (χ2v) is 6.89. The van der Waals surface area contributed by atoms with Crippen molar-refractivity contribution in [2.24, 2.45) is 0 Å². The number of hydrogen-bond donors (Lipinski definition) is 2. The summed E-state index contributed by atoms with van der Waals surface area (Å²) in [7, 11) is 3.17. The normalized spacial score (nSPS) is 13.0. The van der Waals surface area contributed by atoms with Crippen molar-refractivity contribution in [1.29, 1.82) is 0 Å². The van der Waals surface area contributed by atoms with E-state index in [0.29, 0.717) is 36.3 Å². The lowest BCUT2D eigenvalue weighted by molar-refractivity contribution is 0.0887.